The Morgan fingerprint density at radius 1 is 1.42 bits per heavy atom. The van der Waals surface area contributed by atoms with Gasteiger partial charge in [-0.15, -0.1) is 0 Å². The molecule has 5 heteroatoms. The predicted molar refractivity (Wildman–Crippen MR) is 82.5 cm³/mol. The van der Waals surface area contributed by atoms with Crippen molar-refractivity contribution in [1.29, 1.82) is 0 Å². The van der Waals surface area contributed by atoms with Gasteiger partial charge in [-0.25, -0.2) is 0 Å². The van der Waals surface area contributed by atoms with E-state index in [-0.39, 0.29) is 6.04 Å². The highest BCUT2D eigenvalue weighted by Gasteiger charge is 2.14. The number of hydrogen-bond acceptors (Lipinski definition) is 2. The standard InChI is InChI=1S/C14H17BrClN3/c1-9-14(15)13(19(2)18-9)8-12(17)7-10-4-3-5-11(16)6-10/h3-6,12H,7-8,17H2,1-2H3. The van der Waals surface area contributed by atoms with Gasteiger partial charge in [0.15, 0.2) is 0 Å². The zero-order valence-corrected chi connectivity index (χ0v) is 13.4. The molecule has 0 amide bonds. The molecular weight excluding hydrogens is 326 g/mol. The van der Waals surface area contributed by atoms with Crippen molar-refractivity contribution < 1.29 is 0 Å². The summed E-state index contributed by atoms with van der Waals surface area (Å²) in [6.07, 6.45) is 1.58. The molecule has 2 aromatic rings. The first-order valence-corrected chi connectivity index (χ1v) is 7.32. The third kappa shape index (κ3) is 3.59. The molecule has 0 radical (unpaired) electrons. The topological polar surface area (TPSA) is 43.8 Å². The number of nitrogens with zero attached hydrogens (tertiary/aromatic N) is 2. The maximum absolute atomic E-state index is 6.23. The van der Waals surface area contributed by atoms with Gasteiger partial charge in [-0.05, 0) is 47.0 Å². The number of nitrogens with two attached hydrogens (primary N) is 1. The van der Waals surface area contributed by atoms with Gasteiger partial charge in [0.1, 0.15) is 0 Å². The van der Waals surface area contributed by atoms with Crippen LogP contribution in [0, 0.1) is 6.92 Å². The van der Waals surface area contributed by atoms with Gasteiger partial charge in [0.05, 0.1) is 15.9 Å². The van der Waals surface area contributed by atoms with Crippen molar-refractivity contribution in [3.05, 3.63) is 50.7 Å². The lowest BCUT2D eigenvalue weighted by atomic mass is 10.0. The Kier molecular flexibility index (Phi) is 4.66. The van der Waals surface area contributed by atoms with Crippen LogP contribution >= 0.6 is 27.5 Å². The molecule has 0 aliphatic heterocycles. The number of aryl methyl sites for hydroxylation is 2. The molecule has 0 saturated heterocycles. The largest absolute Gasteiger partial charge is 0.327 e. The molecule has 0 bridgehead atoms. The first-order valence-electron chi connectivity index (χ1n) is 6.15. The zero-order valence-electron chi connectivity index (χ0n) is 11.0. The van der Waals surface area contributed by atoms with E-state index in [1.54, 1.807) is 0 Å². The second-order valence-electron chi connectivity index (χ2n) is 4.77. The van der Waals surface area contributed by atoms with Gasteiger partial charge in [0.2, 0.25) is 0 Å². The van der Waals surface area contributed by atoms with Crippen molar-refractivity contribution in [2.75, 3.05) is 0 Å². The summed E-state index contributed by atoms with van der Waals surface area (Å²) in [6, 6.07) is 7.89. The fraction of sp³-hybridized carbons (Fsp3) is 0.357. The van der Waals surface area contributed by atoms with Gasteiger partial charge < -0.3 is 5.73 Å². The number of aromatic nitrogens is 2. The van der Waals surface area contributed by atoms with Crippen molar-refractivity contribution in [2.24, 2.45) is 12.8 Å². The molecule has 0 spiro atoms. The Bertz CT molecular complexity index is 580. The summed E-state index contributed by atoms with van der Waals surface area (Å²) < 4.78 is 2.94. The molecule has 102 valence electrons. The van der Waals surface area contributed by atoms with E-state index in [4.69, 9.17) is 17.3 Å². The Labute approximate surface area is 126 Å². The first kappa shape index (κ1) is 14.6. The first-order chi connectivity index (χ1) is 8.97. The van der Waals surface area contributed by atoms with Crippen LogP contribution in [0.15, 0.2) is 28.7 Å². The SMILES string of the molecule is Cc1nn(C)c(CC(N)Cc2cccc(Cl)c2)c1Br. The summed E-state index contributed by atoms with van der Waals surface area (Å²) in [6.45, 7) is 1.98. The van der Waals surface area contributed by atoms with Crippen LogP contribution in [0.5, 0.6) is 0 Å². The average Bonchev–Trinajstić information content (AvgIpc) is 2.56. The Morgan fingerprint density at radius 3 is 2.74 bits per heavy atom. The molecule has 1 heterocycles. The summed E-state index contributed by atoms with van der Waals surface area (Å²) in [4.78, 5) is 0. The maximum Gasteiger partial charge on any atom is 0.0738 e. The molecule has 2 N–H and O–H groups in total. The van der Waals surface area contributed by atoms with Gasteiger partial charge in [-0.1, -0.05) is 23.7 Å². The third-order valence-corrected chi connectivity index (χ3v) is 4.37. The lowest BCUT2D eigenvalue weighted by Gasteiger charge is -2.12. The second-order valence-corrected chi connectivity index (χ2v) is 6.00. The second kappa shape index (κ2) is 6.07. The van der Waals surface area contributed by atoms with Gasteiger partial charge in [-0.2, -0.15) is 5.10 Å². The van der Waals surface area contributed by atoms with Crippen LogP contribution in [0.1, 0.15) is 17.0 Å². The molecule has 0 fully saturated rings. The Hall–Kier alpha value is -0.840. The van der Waals surface area contributed by atoms with Gasteiger partial charge in [0, 0.05) is 24.5 Å². The van der Waals surface area contributed by atoms with Gasteiger partial charge in [-0.3, -0.25) is 4.68 Å². The predicted octanol–water partition coefficient (Wildman–Crippen LogP) is 3.26. The molecule has 2 rings (SSSR count). The monoisotopic (exact) mass is 341 g/mol. The molecule has 1 atom stereocenters. The molecule has 1 aromatic carbocycles. The summed E-state index contributed by atoms with van der Waals surface area (Å²) in [7, 11) is 1.94. The van der Waals surface area contributed by atoms with E-state index in [0.29, 0.717) is 0 Å². The van der Waals surface area contributed by atoms with Crippen LogP contribution in [-0.2, 0) is 19.9 Å². The van der Waals surface area contributed by atoms with Gasteiger partial charge >= 0.3 is 0 Å². The quantitative estimate of drug-likeness (QED) is 0.927. The minimum Gasteiger partial charge on any atom is -0.327 e. The summed E-state index contributed by atoms with van der Waals surface area (Å²) in [5.74, 6) is 0. The Morgan fingerprint density at radius 2 is 2.16 bits per heavy atom. The van der Waals surface area contributed by atoms with Crippen LogP contribution in [0.2, 0.25) is 5.02 Å². The summed E-state index contributed by atoms with van der Waals surface area (Å²) in [5.41, 5.74) is 9.52. The van der Waals surface area contributed by atoms with Gasteiger partial charge in [0.25, 0.3) is 0 Å². The highest BCUT2D eigenvalue weighted by Crippen LogP contribution is 2.22. The highest BCUT2D eigenvalue weighted by atomic mass is 79.9. The minimum atomic E-state index is 0.0459. The molecule has 0 aliphatic carbocycles. The molecule has 1 unspecified atom stereocenters. The summed E-state index contributed by atoms with van der Waals surface area (Å²) in [5, 5.41) is 5.13. The van der Waals surface area contributed by atoms with E-state index < -0.39 is 0 Å². The van der Waals surface area contributed by atoms with E-state index in [1.165, 1.54) is 0 Å². The van der Waals surface area contributed by atoms with Crippen LogP contribution < -0.4 is 5.73 Å². The maximum atomic E-state index is 6.23. The molecule has 0 saturated carbocycles. The number of halogens is 2. The number of hydrogen-bond donors (Lipinski definition) is 1. The van der Waals surface area contributed by atoms with E-state index in [9.17, 15) is 0 Å². The smallest absolute Gasteiger partial charge is 0.0738 e. The Balaban J connectivity index is 2.07. The molecular formula is C14H17BrClN3. The van der Waals surface area contributed by atoms with E-state index in [0.717, 1.165) is 39.3 Å². The lowest BCUT2D eigenvalue weighted by Crippen LogP contribution is -2.26. The van der Waals surface area contributed by atoms with Crippen LogP contribution in [0.4, 0.5) is 0 Å². The number of benzene rings is 1. The fourth-order valence-electron chi connectivity index (χ4n) is 2.19. The van der Waals surface area contributed by atoms with Crippen molar-refractivity contribution in [3.8, 4) is 0 Å². The molecule has 0 aliphatic rings. The van der Waals surface area contributed by atoms with Crippen molar-refractivity contribution >= 4 is 27.5 Å². The molecule has 3 nitrogen and oxygen atoms in total. The summed E-state index contributed by atoms with van der Waals surface area (Å²) >= 11 is 9.55. The third-order valence-electron chi connectivity index (χ3n) is 3.10. The minimum absolute atomic E-state index is 0.0459. The van der Waals surface area contributed by atoms with Crippen molar-refractivity contribution in [1.82, 2.24) is 9.78 Å². The van der Waals surface area contributed by atoms with E-state index >= 15 is 0 Å². The normalized spacial score (nSPS) is 12.7. The number of rotatable bonds is 4. The fourth-order valence-corrected chi connectivity index (χ4v) is 2.90. The van der Waals surface area contributed by atoms with Crippen LogP contribution in [-0.4, -0.2) is 15.8 Å². The molecule has 1 aromatic heterocycles. The van der Waals surface area contributed by atoms with E-state index in [2.05, 4.69) is 27.1 Å². The van der Waals surface area contributed by atoms with Crippen molar-refractivity contribution in [2.45, 2.75) is 25.8 Å². The zero-order chi connectivity index (χ0) is 14.0. The molecule has 19 heavy (non-hydrogen) atoms. The lowest BCUT2D eigenvalue weighted by molar-refractivity contribution is 0.611. The van der Waals surface area contributed by atoms with E-state index in [1.807, 2.05) is 36.9 Å². The van der Waals surface area contributed by atoms with Crippen molar-refractivity contribution in [3.63, 3.8) is 0 Å². The van der Waals surface area contributed by atoms with Crippen LogP contribution in [0.25, 0.3) is 0 Å². The van der Waals surface area contributed by atoms with Crippen LogP contribution in [0.3, 0.4) is 0 Å². The highest BCUT2D eigenvalue weighted by molar-refractivity contribution is 9.10. The average molecular weight is 343 g/mol.